The molecule has 1 aromatic carbocycles. The van der Waals surface area contributed by atoms with E-state index in [2.05, 4.69) is 62.6 Å². The van der Waals surface area contributed by atoms with Gasteiger partial charge in [-0.3, -0.25) is 4.90 Å². The van der Waals surface area contributed by atoms with Crippen LogP contribution in [0, 0.1) is 0 Å². The summed E-state index contributed by atoms with van der Waals surface area (Å²) in [6, 6.07) is 13.1. The molecule has 2 aliphatic rings. The molecule has 4 rings (SSSR count). The van der Waals surface area contributed by atoms with Gasteiger partial charge in [0.25, 0.3) is 0 Å². The van der Waals surface area contributed by atoms with Crippen LogP contribution in [0.4, 0.5) is 11.8 Å². The maximum absolute atomic E-state index is 4.76. The highest BCUT2D eigenvalue weighted by molar-refractivity contribution is 5.49. The van der Waals surface area contributed by atoms with Gasteiger partial charge in [-0.2, -0.15) is 4.98 Å². The maximum Gasteiger partial charge on any atom is 0.224 e. The Hall–Kier alpha value is -2.40. The van der Waals surface area contributed by atoms with Gasteiger partial charge in [-0.1, -0.05) is 55.3 Å². The quantitative estimate of drug-likeness (QED) is 0.848. The monoisotopic (exact) mass is 363 g/mol. The number of nitrogens with zero attached hydrogens (tertiary/aromatic N) is 4. The summed E-state index contributed by atoms with van der Waals surface area (Å²) in [7, 11) is 0. The molecule has 2 heterocycles. The van der Waals surface area contributed by atoms with Crippen molar-refractivity contribution < 1.29 is 0 Å². The number of benzene rings is 1. The van der Waals surface area contributed by atoms with Crippen molar-refractivity contribution in [3.05, 3.63) is 54.2 Å². The second-order valence-corrected chi connectivity index (χ2v) is 7.46. The lowest BCUT2D eigenvalue weighted by atomic mass is 10.2. The minimum absolute atomic E-state index is 0.550. The lowest BCUT2D eigenvalue weighted by molar-refractivity contribution is 0.283. The van der Waals surface area contributed by atoms with Crippen molar-refractivity contribution in [1.82, 2.24) is 14.9 Å². The molecule has 0 spiro atoms. The van der Waals surface area contributed by atoms with Gasteiger partial charge >= 0.3 is 0 Å². The number of aromatic nitrogens is 2. The van der Waals surface area contributed by atoms with E-state index >= 15 is 0 Å². The Bertz CT molecular complexity index is 731. The SMILES string of the molecule is C(=C\c1ccccc1)/CN1CCN(c2ccnc(NC3CCCC3)n2)CC1. The summed E-state index contributed by atoms with van der Waals surface area (Å²) in [5.41, 5.74) is 1.26. The third-order valence-electron chi connectivity index (χ3n) is 5.50. The van der Waals surface area contributed by atoms with Gasteiger partial charge in [-0.25, -0.2) is 4.98 Å². The fourth-order valence-electron chi connectivity index (χ4n) is 3.91. The van der Waals surface area contributed by atoms with Crippen molar-refractivity contribution in [2.75, 3.05) is 42.9 Å². The summed E-state index contributed by atoms with van der Waals surface area (Å²) in [6.45, 7) is 5.15. The highest BCUT2D eigenvalue weighted by Gasteiger charge is 2.19. The molecule has 5 nitrogen and oxygen atoms in total. The second-order valence-electron chi connectivity index (χ2n) is 7.46. The van der Waals surface area contributed by atoms with Crippen molar-refractivity contribution in [1.29, 1.82) is 0 Å². The molecule has 0 bridgehead atoms. The van der Waals surface area contributed by atoms with Crippen LogP contribution in [0.15, 0.2) is 48.7 Å². The largest absolute Gasteiger partial charge is 0.354 e. The van der Waals surface area contributed by atoms with Crippen LogP contribution < -0.4 is 10.2 Å². The average Bonchev–Trinajstić information content (AvgIpc) is 3.23. The lowest BCUT2D eigenvalue weighted by Gasteiger charge is -2.35. The first-order valence-electron chi connectivity index (χ1n) is 10.2. The first-order valence-corrected chi connectivity index (χ1v) is 10.2. The van der Waals surface area contributed by atoms with E-state index in [0.717, 1.165) is 44.5 Å². The number of anilines is 2. The summed E-state index contributed by atoms with van der Waals surface area (Å²) in [5.74, 6) is 1.83. The zero-order valence-corrected chi connectivity index (χ0v) is 15.9. The first kappa shape index (κ1) is 18.0. The van der Waals surface area contributed by atoms with E-state index in [-0.39, 0.29) is 0 Å². The number of piperazine rings is 1. The predicted molar refractivity (Wildman–Crippen MR) is 112 cm³/mol. The van der Waals surface area contributed by atoms with Gasteiger partial charge in [-0.05, 0) is 24.5 Å². The predicted octanol–water partition coefficient (Wildman–Crippen LogP) is 3.67. The van der Waals surface area contributed by atoms with Gasteiger partial charge in [0, 0.05) is 45.0 Å². The minimum atomic E-state index is 0.550. The molecule has 1 aromatic heterocycles. The smallest absolute Gasteiger partial charge is 0.224 e. The molecule has 142 valence electrons. The van der Waals surface area contributed by atoms with Crippen LogP contribution in [0.5, 0.6) is 0 Å². The Morgan fingerprint density at radius 3 is 2.56 bits per heavy atom. The molecule has 1 N–H and O–H groups in total. The highest BCUT2D eigenvalue weighted by Crippen LogP contribution is 2.22. The Morgan fingerprint density at radius 1 is 1.00 bits per heavy atom. The molecule has 0 radical (unpaired) electrons. The van der Waals surface area contributed by atoms with Crippen LogP contribution in [-0.2, 0) is 0 Å². The van der Waals surface area contributed by atoms with Crippen LogP contribution in [0.25, 0.3) is 6.08 Å². The molecule has 27 heavy (non-hydrogen) atoms. The molecule has 0 amide bonds. The van der Waals surface area contributed by atoms with Crippen LogP contribution in [0.3, 0.4) is 0 Å². The maximum atomic E-state index is 4.76. The van der Waals surface area contributed by atoms with Crippen LogP contribution >= 0.6 is 0 Å². The zero-order chi connectivity index (χ0) is 18.3. The topological polar surface area (TPSA) is 44.3 Å². The van der Waals surface area contributed by atoms with Gasteiger partial charge in [0.15, 0.2) is 0 Å². The summed E-state index contributed by atoms with van der Waals surface area (Å²) in [5, 5.41) is 3.50. The fraction of sp³-hybridized carbons (Fsp3) is 0.455. The minimum Gasteiger partial charge on any atom is -0.354 e. The van der Waals surface area contributed by atoms with E-state index in [0.29, 0.717) is 6.04 Å². The molecule has 5 heteroatoms. The van der Waals surface area contributed by atoms with Gasteiger partial charge in [0.2, 0.25) is 5.95 Å². The second kappa shape index (κ2) is 9.00. The number of nitrogens with one attached hydrogen (secondary N) is 1. The third kappa shape index (κ3) is 5.07. The highest BCUT2D eigenvalue weighted by atomic mass is 15.3. The van der Waals surface area contributed by atoms with Crippen LogP contribution in [-0.4, -0.2) is 53.6 Å². The van der Waals surface area contributed by atoms with Crippen LogP contribution in [0.2, 0.25) is 0 Å². The summed E-state index contributed by atoms with van der Waals surface area (Å²) in [4.78, 5) is 14.0. The Labute approximate surface area is 162 Å². The molecular weight excluding hydrogens is 334 g/mol. The zero-order valence-electron chi connectivity index (χ0n) is 15.9. The van der Waals surface area contributed by atoms with Gasteiger partial charge in [0.1, 0.15) is 5.82 Å². The average molecular weight is 364 g/mol. The molecule has 2 aromatic rings. The fourth-order valence-corrected chi connectivity index (χ4v) is 3.91. The lowest BCUT2D eigenvalue weighted by Crippen LogP contribution is -2.46. The van der Waals surface area contributed by atoms with Crippen molar-refractivity contribution in [3.8, 4) is 0 Å². The standard InChI is InChI=1S/C22H29N5/c1-2-7-19(8-3-1)9-6-14-26-15-17-27(18-16-26)21-12-13-23-22(25-21)24-20-10-4-5-11-20/h1-3,6-9,12-13,20H,4-5,10-11,14-18H2,(H,23,24,25)/b9-6+. The molecule has 2 fully saturated rings. The molecular formula is C22H29N5. The van der Waals surface area contributed by atoms with Crippen molar-refractivity contribution in [2.45, 2.75) is 31.7 Å². The van der Waals surface area contributed by atoms with Crippen molar-refractivity contribution in [2.24, 2.45) is 0 Å². The van der Waals surface area contributed by atoms with E-state index in [9.17, 15) is 0 Å². The Morgan fingerprint density at radius 2 is 1.78 bits per heavy atom. The molecule has 1 saturated heterocycles. The molecule has 1 aliphatic heterocycles. The molecule has 1 aliphatic carbocycles. The van der Waals surface area contributed by atoms with E-state index in [1.54, 1.807) is 0 Å². The molecule has 1 saturated carbocycles. The van der Waals surface area contributed by atoms with E-state index in [1.165, 1.54) is 31.2 Å². The Kier molecular flexibility index (Phi) is 5.99. The first-order chi connectivity index (χ1) is 13.4. The summed E-state index contributed by atoms with van der Waals surface area (Å²) >= 11 is 0. The summed E-state index contributed by atoms with van der Waals surface area (Å²) < 4.78 is 0. The van der Waals surface area contributed by atoms with Gasteiger partial charge in [-0.15, -0.1) is 0 Å². The van der Waals surface area contributed by atoms with E-state index < -0.39 is 0 Å². The van der Waals surface area contributed by atoms with Crippen molar-refractivity contribution >= 4 is 17.8 Å². The summed E-state index contributed by atoms with van der Waals surface area (Å²) in [6.07, 6.45) is 11.5. The van der Waals surface area contributed by atoms with Gasteiger partial charge in [0.05, 0.1) is 0 Å². The third-order valence-corrected chi connectivity index (χ3v) is 5.50. The normalized spacial score (nSPS) is 19.0. The van der Waals surface area contributed by atoms with Crippen LogP contribution in [0.1, 0.15) is 31.2 Å². The molecule has 0 atom stereocenters. The van der Waals surface area contributed by atoms with E-state index in [4.69, 9.17) is 4.98 Å². The number of rotatable bonds is 6. The van der Waals surface area contributed by atoms with E-state index in [1.807, 2.05) is 12.3 Å². The Balaban J connectivity index is 1.27. The molecule has 0 unspecified atom stereocenters. The number of hydrogen-bond donors (Lipinski definition) is 1. The van der Waals surface area contributed by atoms with Crippen molar-refractivity contribution in [3.63, 3.8) is 0 Å². The van der Waals surface area contributed by atoms with Gasteiger partial charge < -0.3 is 10.2 Å². The number of hydrogen-bond acceptors (Lipinski definition) is 5.